The average molecular weight is 332 g/mol. The van der Waals surface area contributed by atoms with Gasteiger partial charge in [0, 0.05) is 10.8 Å². The molecule has 0 spiro atoms. The molecular weight excluding hydrogens is 318 g/mol. The van der Waals surface area contributed by atoms with Crippen LogP contribution >= 0.6 is 23.4 Å². The van der Waals surface area contributed by atoms with Crippen LogP contribution in [0.15, 0.2) is 52.4 Å². The van der Waals surface area contributed by atoms with Crippen LogP contribution in [-0.2, 0) is 5.75 Å². The Morgan fingerprint density at radius 3 is 2.82 bits per heavy atom. The molecule has 0 aliphatic carbocycles. The first kappa shape index (κ1) is 14.9. The minimum Gasteiger partial charge on any atom is -0.334 e. The van der Waals surface area contributed by atoms with Crippen molar-refractivity contribution in [3.63, 3.8) is 0 Å². The number of hydrogen-bond acceptors (Lipinski definition) is 4. The summed E-state index contributed by atoms with van der Waals surface area (Å²) in [7, 11) is 0. The van der Waals surface area contributed by atoms with E-state index < -0.39 is 0 Å². The molecule has 0 atom stereocenters. The molecule has 0 aliphatic heterocycles. The fourth-order valence-corrected chi connectivity index (χ4v) is 3.35. The monoisotopic (exact) mass is 331 g/mol. The van der Waals surface area contributed by atoms with E-state index in [1.54, 1.807) is 6.07 Å². The predicted octanol–water partition coefficient (Wildman–Crippen LogP) is 3.36. The van der Waals surface area contributed by atoms with Gasteiger partial charge in [-0.25, -0.2) is 9.66 Å². The van der Waals surface area contributed by atoms with Crippen LogP contribution in [0.2, 0.25) is 5.02 Å². The number of aromatic nitrogens is 2. The number of thioether (sulfide) groups is 1. The van der Waals surface area contributed by atoms with Crippen molar-refractivity contribution in [3.05, 3.63) is 69.0 Å². The van der Waals surface area contributed by atoms with Crippen molar-refractivity contribution < 1.29 is 0 Å². The van der Waals surface area contributed by atoms with Gasteiger partial charge < -0.3 is 5.84 Å². The molecule has 0 bridgehead atoms. The first-order valence-electron chi connectivity index (χ1n) is 6.71. The van der Waals surface area contributed by atoms with Crippen molar-refractivity contribution in [1.29, 1.82) is 0 Å². The number of nitrogen functional groups attached to an aromatic ring is 1. The van der Waals surface area contributed by atoms with Crippen LogP contribution in [0.25, 0.3) is 10.9 Å². The van der Waals surface area contributed by atoms with E-state index in [9.17, 15) is 4.79 Å². The van der Waals surface area contributed by atoms with Crippen LogP contribution < -0.4 is 11.4 Å². The molecule has 1 heterocycles. The molecule has 4 nitrogen and oxygen atoms in total. The van der Waals surface area contributed by atoms with Crippen molar-refractivity contribution in [2.45, 2.75) is 17.8 Å². The number of halogens is 1. The van der Waals surface area contributed by atoms with Gasteiger partial charge in [0.2, 0.25) is 0 Å². The van der Waals surface area contributed by atoms with Gasteiger partial charge in [0.1, 0.15) is 0 Å². The second-order valence-corrected chi connectivity index (χ2v) is 6.32. The van der Waals surface area contributed by atoms with Crippen LogP contribution in [0.5, 0.6) is 0 Å². The van der Waals surface area contributed by atoms with Gasteiger partial charge in [-0.2, -0.15) is 0 Å². The highest BCUT2D eigenvalue weighted by atomic mass is 35.5. The Labute approximate surface area is 136 Å². The topological polar surface area (TPSA) is 60.9 Å². The molecule has 112 valence electrons. The normalized spacial score (nSPS) is 11.0. The number of hydrogen-bond donors (Lipinski definition) is 1. The van der Waals surface area contributed by atoms with E-state index in [4.69, 9.17) is 17.4 Å². The first-order valence-corrected chi connectivity index (χ1v) is 8.07. The van der Waals surface area contributed by atoms with Crippen molar-refractivity contribution >= 4 is 34.3 Å². The third-order valence-electron chi connectivity index (χ3n) is 3.34. The maximum Gasteiger partial charge on any atom is 0.280 e. The first-order chi connectivity index (χ1) is 10.6. The molecule has 0 fully saturated rings. The average Bonchev–Trinajstić information content (AvgIpc) is 2.51. The van der Waals surface area contributed by atoms with Gasteiger partial charge in [-0.05, 0) is 30.7 Å². The standard InChI is InChI=1S/C16H14ClN3OS/c1-10-6-7-14-12(8-10)15(21)20(18)16(19-14)22-9-11-4-2-3-5-13(11)17/h2-8H,9,18H2,1H3. The molecule has 22 heavy (non-hydrogen) atoms. The van der Waals surface area contributed by atoms with Gasteiger partial charge in [0.15, 0.2) is 5.16 Å². The van der Waals surface area contributed by atoms with E-state index >= 15 is 0 Å². The molecule has 1 aromatic heterocycles. The van der Waals surface area contributed by atoms with Gasteiger partial charge in [-0.15, -0.1) is 0 Å². The molecule has 3 rings (SSSR count). The third kappa shape index (κ3) is 2.82. The summed E-state index contributed by atoms with van der Waals surface area (Å²) in [4.78, 5) is 16.8. The Balaban J connectivity index is 1.98. The lowest BCUT2D eigenvalue weighted by Crippen LogP contribution is -2.29. The number of nitrogens with zero attached hydrogens (tertiary/aromatic N) is 2. The lowest BCUT2D eigenvalue weighted by Gasteiger charge is -2.09. The summed E-state index contributed by atoms with van der Waals surface area (Å²) in [6, 6.07) is 13.2. The SMILES string of the molecule is Cc1ccc2nc(SCc3ccccc3Cl)n(N)c(=O)c2c1. The number of aryl methyl sites for hydroxylation is 1. The summed E-state index contributed by atoms with van der Waals surface area (Å²) < 4.78 is 1.10. The zero-order valence-electron chi connectivity index (χ0n) is 11.9. The Bertz CT molecular complexity index is 908. The zero-order valence-corrected chi connectivity index (χ0v) is 13.5. The van der Waals surface area contributed by atoms with Crippen LogP contribution in [0.4, 0.5) is 0 Å². The molecule has 0 radical (unpaired) electrons. The molecule has 0 aliphatic rings. The Hall–Kier alpha value is -1.98. The largest absolute Gasteiger partial charge is 0.334 e. The molecule has 6 heteroatoms. The van der Waals surface area contributed by atoms with Gasteiger partial charge in [0.05, 0.1) is 10.9 Å². The van der Waals surface area contributed by atoms with Crippen molar-refractivity contribution in [2.75, 3.05) is 5.84 Å². The maximum atomic E-state index is 12.3. The minimum absolute atomic E-state index is 0.240. The quantitative estimate of drug-likeness (QED) is 0.454. The smallest absolute Gasteiger partial charge is 0.280 e. The summed E-state index contributed by atoms with van der Waals surface area (Å²) in [5.41, 5.74) is 2.39. The van der Waals surface area contributed by atoms with Gasteiger partial charge in [-0.1, -0.05) is 53.2 Å². The maximum absolute atomic E-state index is 12.3. The van der Waals surface area contributed by atoms with Crippen LogP contribution in [0.1, 0.15) is 11.1 Å². The Morgan fingerprint density at radius 1 is 1.27 bits per heavy atom. The molecule has 3 aromatic rings. The second kappa shape index (κ2) is 6.02. The minimum atomic E-state index is -0.240. The van der Waals surface area contributed by atoms with Crippen LogP contribution in [-0.4, -0.2) is 9.66 Å². The number of nitrogens with two attached hydrogens (primary N) is 1. The predicted molar refractivity (Wildman–Crippen MR) is 91.9 cm³/mol. The fourth-order valence-electron chi connectivity index (χ4n) is 2.15. The van der Waals surface area contributed by atoms with Crippen molar-refractivity contribution in [2.24, 2.45) is 0 Å². The summed E-state index contributed by atoms with van der Waals surface area (Å²) in [6.45, 7) is 1.93. The van der Waals surface area contributed by atoms with Crippen LogP contribution in [0.3, 0.4) is 0 Å². The highest BCUT2D eigenvalue weighted by molar-refractivity contribution is 7.98. The molecule has 2 N–H and O–H groups in total. The molecule has 0 amide bonds. The Kier molecular flexibility index (Phi) is 4.09. The summed E-state index contributed by atoms with van der Waals surface area (Å²) in [5, 5.41) is 1.70. The third-order valence-corrected chi connectivity index (χ3v) is 4.71. The molecule has 0 saturated heterocycles. The van der Waals surface area contributed by atoms with E-state index in [-0.39, 0.29) is 5.56 Å². The highest BCUT2D eigenvalue weighted by Gasteiger charge is 2.10. The molecule has 0 unspecified atom stereocenters. The van der Waals surface area contributed by atoms with E-state index in [2.05, 4.69) is 4.98 Å². The molecule has 2 aromatic carbocycles. The van der Waals surface area contributed by atoms with E-state index in [1.165, 1.54) is 11.8 Å². The van der Waals surface area contributed by atoms with E-state index in [1.807, 2.05) is 43.3 Å². The Morgan fingerprint density at radius 2 is 2.05 bits per heavy atom. The van der Waals surface area contributed by atoms with Gasteiger partial charge in [0.25, 0.3) is 5.56 Å². The molecule has 0 saturated carbocycles. The van der Waals surface area contributed by atoms with Crippen molar-refractivity contribution in [3.8, 4) is 0 Å². The number of fused-ring (bicyclic) bond motifs is 1. The lowest BCUT2D eigenvalue weighted by atomic mass is 10.2. The van der Waals surface area contributed by atoms with Gasteiger partial charge in [-0.3, -0.25) is 4.79 Å². The van der Waals surface area contributed by atoms with Crippen molar-refractivity contribution in [1.82, 2.24) is 9.66 Å². The second-order valence-electron chi connectivity index (χ2n) is 4.97. The highest BCUT2D eigenvalue weighted by Crippen LogP contribution is 2.25. The van der Waals surface area contributed by atoms with Gasteiger partial charge >= 0.3 is 0 Å². The van der Waals surface area contributed by atoms with E-state index in [0.717, 1.165) is 15.8 Å². The fraction of sp³-hybridized carbons (Fsp3) is 0.125. The summed E-state index contributed by atoms with van der Waals surface area (Å²) in [6.07, 6.45) is 0. The summed E-state index contributed by atoms with van der Waals surface area (Å²) in [5.74, 6) is 6.49. The molecular formula is C16H14ClN3OS. The number of rotatable bonds is 3. The van der Waals surface area contributed by atoms with Crippen LogP contribution in [0, 0.1) is 6.92 Å². The lowest BCUT2D eigenvalue weighted by molar-refractivity contribution is 0.779. The number of benzene rings is 2. The zero-order chi connectivity index (χ0) is 15.7. The van der Waals surface area contributed by atoms with E-state index in [0.29, 0.717) is 26.8 Å². The summed E-state index contributed by atoms with van der Waals surface area (Å²) >= 11 is 7.53.